The molecule has 1 amide bonds. The smallest absolute Gasteiger partial charge is 0.269 e. The fourth-order valence-corrected chi connectivity index (χ4v) is 2.69. The number of benzene rings is 2. The van der Waals surface area contributed by atoms with Crippen molar-refractivity contribution < 1.29 is 18.7 Å². The number of H-pyrrole nitrogens is 1. The third-order valence-corrected chi connectivity index (χ3v) is 3.98. The van der Waals surface area contributed by atoms with Crippen molar-refractivity contribution in [3.63, 3.8) is 0 Å². The predicted octanol–water partition coefficient (Wildman–Crippen LogP) is 3.55. The van der Waals surface area contributed by atoms with E-state index in [-0.39, 0.29) is 18.1 Å². The van der Waals surface area contributed by atoms with Gasteiger partial charge in [-0.15, -0.1) is 0 Å². The standard InChI is InChI=1S/C20H20FN3O3/c1-3-27-19-13(7-6-10-18(19)26-2)12-22-20(25)17-11-16(23-24-17)14-8-4-5-9-15(14)21/h4-11H,3,12H2,1-2H3,(H,22,25)(H,23,24). The van der Waals surface area contributed by atoms with Crippen LogP contribution in [0.3, 0.4) is 0 Å². The van der Waals surface area contributed by atoms with E-state index < -0.39 is 5.82 Å². The number of methoxy groups -OCH3 is 1. The van der Waals surface area contributed by atoms with E-state index in [9.17, 15) is 9.18 Å². The van der Waals surface area contributed by atoms with Gasteiger partial charge in [-0.3, -0.25) is 9.89 Å². The fourth-order valence-electron chi connectivity index (χ4n) is 2.69. The molecule has 2 N–H and O–H groups in total. The third-order valence-electron chi connectivity index (χ3n) is 3.98. The summed E-state index contributed by atoms with van der Waals surface area (Å²) in [5.41, 5.74) is 1.74. The first-order valence-corrected chi connectivity index (χ1v) is 8.51. The summed E-state index contributed by atoms with van der Waals surface area (Å²) in [7, 11) is 1.56. The number of aromatic amines is 1. The highest BCUT2D eigenvalue weighted by Gasteiger charge is 2.15. The average Bonchev–Trinajstić information content (AvgIpc) is 3.17. The molecule has 0 aliphatic rings. The Labute approximate surface area is 156 Å². The van der Waals surface area contributed by atoms with Crippen LogP contribution in [0.25, 0.3) is 11.3 Å². The highest BCUT2D eigenvalue weighted by Crippen LogP contribution is 2.31. The van der Waals surface area contributed by atoms with Gasteiger partial charge in [0.2, 0.25) is 0 Å². The van der Waals surface area contributed by atoms with Crippen molar-refractivity contribution >= 4 is 5.91 Å². The van der Waals surface area contributed by atoms with Crippen LogP contribution in [0.4, 0.5) is 4.39 Å². The highest BCUT2D eigenvalue weighted by atomic mass is 19.1. The Morgan fingerprint density at radius 3 is 2.78 bits per heavy atom. The zero-order valence-corrected chi connectivity index (χ0v) is 15.1. The van der Waals surface area contributed by atoms with Crippen LogP contribution in [0.1, 0.15) is 23.0 Å². The van der Waals surface area contributed by atoms with Crippen LogP contribution in [0, 0.1) is 5.82 Å². The Morgan fingerprint density at radius 2 is 2.04 bits per heavy atom. The summed E-state index contributed by atoms with van der Waals surface area (Å²) >= 11 is 0. The average molecular weight is 369 g/mol. The van der Waals surface area contributed by atoms with Crippen LogP contribution in [-0.2, 0) is 6.54 Å². The SMILES string of the molecule is CCOc1c(CNC(=O)c2cc(-c3ccccc3F)n[nH]2)cccc1OC. The lowest BCUT2D eigenvalue weighted by Crippen LogP contribution is -2.23. The minimum Gasteiger partial charge on any atom is -0.493 e. The number of rotatable bonds is 7. The molecule has 0 saturated heterocycles. The van der Waals surface area contributed by atoms with Gasteiger partial charge in [-0.1, -0.05) is 24.3 Å². The Balaban J connectivity index is 1.73. The quantitative estimate of drug-likeness (QED) is 0.668. The molecule has 0 saturated carbocycles. The zero-order chi connectivity index (χ0) is 19.2. The Bertz CT molecular complexity index is 940. The highest BCUT2D eigenvalue weighted by molar-refractivity contribution is 5.93. The summed E-state index contributed by atoms with van der Waals surface area (Å²) in [5, 5.41) is 9.48. The number of hydrogen-bond donors (Lipinski definition) is 2. The number of halogens is 1. The summed E-state index contributed by atoms with van der Waals surface area (Å²) in [5.74, 6) is 0.454. The molecule has 0 unspecified atom stereocenters. The molecular formula is C20H20FN3O3. The Kier molecular flexibility index (Phi) is 5.71. The van der Waals surface area contributed by atoms with Crippen LogP contribution >= 0.6 is 0 Å². The van der Waals surface area contributed by atoms with E-state index in [0.29, 0.717) is 29.4 Å². The van der Waals surface area contributed by atoms with Crippen LogP contribution < -0.4 is 14.8 Å². The molecule has 0 spiro atoms. The van der Waals surface area contributed by atoms with E-state index >= 15 is 0 Å². The van der Waals surface area contributed by atoms with Crippen molar-refractivity contribution in [2.75, 3.05) is 13.7 Å². The topological polar surface area (TPSA) is 76.2 Å². The molecule has 6 nitrogen and oxygen atoms in total. The molecule has 1 aromatic heterocycles. The summed E-state index contributed by atoms with van der Waals surface area (Å²) in [6, 6.07) is 13.3. The van der Waals surface area contributed by atoms with E-state index in [4.69, 9.17) is 9.47 Å². The lowest BCUT2D eigenvalue weighted by atomic mass is 10.1. The maximum Gasteiger partial charge on any atom is 0.269 e. The molecule has 0 radical (unpaired) electrons. The molecule has 7 heteroatoms. The number of aromatic nitrogens is 2. The number of amides is 1. The van der Waals surface area contributed by atoms with E-state index in [0.717, 1.165) is 5.56 Å². The molecule has 0 fully saturated rings. The number of nitrogens with zero attached hydrogens (tertiary/aromatic N) is 1. The lowest BCUT2D eigenvalue weighted by Gasteiger charge is -2.14. The summed E-state index contributed by atoms with van der Waals surface area (Å²) < 4.78 is 24.8. The minimum atomic E-state index is -0.395. The Morgan fingerprint density at radius 1 is 1.22 bits per heavy atom. The first kappa shape index (κ1) is 18.4. The van der Waals surface area contributed by atoms with Gasteiger partial charge in [0.1, 0.15) is 11.5 Å². The van der Waals surface area contributed by atoms with Crippen molar-refractivity contribution in [3.05, 3.63) is 65.6 Å². The van der Waals surface area contributed by atoms with Gasteiger partial charge in [-0.2, -0.15) is 5.10 Å². The van der Waals surface area contributed by atoms with Gasteiger partial charge in [-0.05, 0) is 31.2 Å². The number of ether oxygens (including phenoxy) is 2. The monoisotopic (exact) mass is 369 g/mol. The molecule has 0 aliphatic heterocycles. The van der Waals surface area contributed by atoms with Gasteiger partial charge in [-0.25, -0.2) is 4.39 Å². The number of hydrogen-bond acceptors (Lipinski definition) is 4. The van der Waals surface area contributed by atoms with Gasteiger partial charge in [0.25, 0.3) is 5.91 Å². The molecule has 0 atom stereocenters. The maximum absolute atomic E-state index is 13.9. The van der Waals surface area contributed by atoms with Crippen LogP contribution in [0.15, 0.2) is 48.5 Å². The van der Waals surface area contributed by atoms with Gasteiger partial charge in [0.05, 0.1) is 19.4 Å². The molecule has 140 valence electrons. The van der Waals surface area contributed by atoms with Crippen molar-refractivity contribution in [1.82, 2.24) is 15.5 Å². The minimum absolute atomic E-state index is 0.245. The molecule has 1 heterocycles. The van der Waals surface area contributed by atoms with Crippen LogP contribution in [-0.4, -0.2) is 29.8 Å². The number of para-hydroxylation sites is 1. The van der Waals surface area contributed by atoms with Crippen molar-refractivity contribution in [2.24, 2.45) is 0 Å². The normalized spacial score (nSPS) is 10.5. The van der Waals surface area contributed by atoms with Crippen molar-refractivity contribution in [2.45, 2.75) is 13.5 Å². The largest absolute Gasteiger partial charge is 0.493 e. The first-order chi connectivity index (χ1) is 13.1. The number of carbonyl (C=O) groups is 1. The maximum atomic E-state index is 13.9. The first-order valence-electron chi connectivity index (χ1n) is 8.51. The van der Waals surface area contributed by atoms with E-state index in [2.05, 4.69) is 15.5 Å². The van der Waals surface area contributed by atoms with Crippen LogP contribution in [0.2, 0.25) is 0 Å². The second-order valence-electron chi connectivity index (χ2n) is 5.71. The lowest BCUT2D eigenvalue weighted by molar-refractivity contribution is 0.0945. The molecule has 2 aromatic carbocycles. The van der Waals surface area contributed by atoms with E-state index in [1.54, 1.807) is 31.4 Å². The number of nitrogens with one attached hydrogen (secondary N) is 2. The molecule has 0 bridgehead atoms. The van der Waals surface area contributed by atoms with Crippen molar-refractivity contribution in [1.29, 1.82) is 0 Å². The summed E-state index contributed by atoms with van der Waals surface area (Å²) in [6.07, 6.45) is 0. The summed E-state index contributed by atoms with van der Waals surface area (Å²) in [6.45, 7) is 2.61. The number of carbonyl (C=O) groups excluding carboxylic acids is 1. The third kappa shape index (κ3) is 4.08. The summed E-state index contributed by atoms with van der Waals surface area (Å²) in [4.78, 5) is 12.4. The molecule has 3 rings (SSSR count). The molecule has 3 aromatic rings. The Hall–Kier alpha value is -3.35. The molecular weight excluding hydrogens is 349 g/mol. The molecule has 27 heavy (non-hydrogen) atoms. The van der Waals surface area contributed by atoms with Gasteiger partial charge in [0.15, 0.2) is 11.5 Å². The van der Waals surface area contributed by atoms with E-state index in [1.165, 1.54) is 12.1 Å². The molecule has 0 aliphatic carbocycles. The fraction of sp³-hybridized carbons (Fsp3) is 0.200. The predicted molar refractivity (Wildman–Crippen MR) is 99.3 cm³/mol. The second kappa shape index (κ2) is 8.35. The van der Waals surface area contributed by atoms with Crippen molar-refractivity contribution in [3.8, 4) is 22.8 Å². The van der Waals surface area contributed by atoms with Gasteiger partial charge in [0, 0.05) is 17.7 Å². The van der Waals surface area contributed by atoms with Crippen LogP contribution in [0.5, 0.6) is 11.5 Å². The van der Waals surface area contributed by atoms with Gasteiger partial charge >= 0.3 is 0 Å². The zero-order valence-electron chi connectivity index (χ0n) is 15.1. The van der Waals surface area contributed by atoms with Gasteiger partial charge < -0.3 is 14.8 Å². The second-order valence-corrected chi connectivity index (χ2v) is 5.71. The van der Waals surface area contributed by atoms with E-state index in [1.807, 2.05) is 19.1 Å².